The summed E-state index contributed by atoms with van der Waals surface area (Å²) in [7, 11) is 3.66. The number of carbonyl (C=O) groups excluding carboxylic acids is 1. The van der Waals surface area contributed by atoms with Crippen molar-refractivity contribution in [3.8, 4) is 5.75 Å². The number of halogens is 1. The van der Waals surface area contributed by atoms with E-state index in [2.05, 4.69) is 22.3 Å². The van der Waals surface area contributed by atoms with Crippen LogP contribution in [0.5, 0.6) is 5.75 Å². The molecule has 0 saturated carbocycles. The Balaban J connectivity index is 1.86. The van der Waals surface area contributed by atoms with E-state index in [4.69, 9.17) is 4.74 Å². The van der Waals surface area contributed by atoms with Crippen LogP contribution in [0.2, 0.25) is 0 Å². The summed E-state index contributed by atoms with van der Waals surface area (Å²) >= 11 is 0. The van der Waals surface area contributed by atoms with Crippen molar-refractivity contribution in [2.75, 3.05) is 26.0 Å². The minimum atomic E-state index is -0.361. The molecule has 134 valence electrons. The van der Waals surface area contributed by atoms with Crippen molar-refractivity contribution < 1.29 is 13.9 Å². The van der Waals surface area contributed by atoms with E-state index >= 15 is 0 Å². The molecule has 0 unspecified atom stereocenters. The highest BCUT2D eigenvalue weighted by atomic mass is 19.1. The molecule has 2 aromatic rings. The van der Waals surface area contributed by atoms with Crippen LogP contribution >= 0.6 is 0 Å². The Kier molecular flexibility index (Phi) is 6.53. The van der Waals surface area contributed by atoms with Crippen LogP contribution < -0.4 is 10.1 Å². The van der Waals surface area contributed by atoms with Crippen LogP contribution in [0, 0.1) is 19.7 Å². The summed E-state index contributed by atoms with van der Waals surface area (Å²) in [6.45, 7) is 5.42. The Labute approximate surface area is 148 Å². The van der Waals surface area contributed by atoms with Gasteiger partial charge in [0.15, 0.2) is 0 Å². The number of rotatable bonds is 7. The number of hydrogen-bond acceptors (Lipinski definition) is 3. The number of anilines is 1. The number of aryl methyl sites for hydroxylation is 2. The zero-order valence-electron chi connectivity index (χ0n) is 15.2. The van der Waals surface area contributed by atoms with Crippen molar-refractivity contribution in [2.45, 2.75) is 26.8 Å². The van der Waals surface area contributed by atoms with Crippen LogP contribution in [0.15, 0.2) is 36.4 Å². The quantitative estimate of drug-likeness (QED) is 0.828. The first-order valence-electron chi connectivity index (χ1n) is 8.27. The molecular formula is C20H25FN2O2. The highest BCUT2D eigenvalue weighted by molar-refractivity contribution is 5.90. The fourth-order valence-corrected chi connectivity index (χ4v) is 2.93. The van der Waals surface area contributed by atoms with Gasteiger partial charge in [0.05, 0.1) is 7.11 Å². The number of benzene rings is 2. The number of ether oxygens (including phenoxy) is 1. The number of nitrogens with one attached hydrogen (secondary N) is 1. The molecule has 0 aromatic heterocycles. The van der Waals surface area contributed by atoms with Gasteiger partial charge in [0, 0.05) is 25.2 Å². The summed E-state index contributed by atoms with van der Waals surface area (Å²) in [5.74, 6) is 0.431. The first kappa shape index (κ1) is 18.9. The molecule has 4 nitrogen and oxygen atoms in total. The van der Waals surface area contributed by atoms with E-state index in [-0.39, 0.29) is 11.7 Å². The van der Waals surface area contributed by atoms with E-state index in [1.54, 1.807) is 19.2 Å². The molecule has 5 heteroatoms. The highest BCUT2D eigenvalue weighted by Gasteiger charge is 2.09. The third-order valence-electron chi connectivity index (χ3n) is 4.01. The maximum atomic E-state index is 13.1. The Hall–Kier alpha value is -2.40. The molecule has 0 radical (unpaired) electrons. The summed E-state index contributed by atoms with van der Waals surface area (Å²) in [6.07, 6.45) is 0.348. The van der Waals surface area contributed by atoms with Crippen LogP contribution in [-0.4, -0.2) is 31.5 Å². The molecule has 0 spiro atoms. The Bertz CT molecular complexity index is 723. The molecule has 1 N–H and O–H groups in total. The van der Waals surface area contributed by atoms with Gasteiger partial charge in [-0.05, 0) is 55.8 Å². The second-order valence-electron chi connectivity index (χ2n) is 6.31. The summed E-state index contributed by atoms with van der Waals surface area (Å²) in [6, 6.07) is 10.1. The molecule has 0 aliphatic carbocycles. The van der Waals surface area contributed by atoms with Crippen LogP contribution in [0.4, 0.5) is 10.1 Å². The van der Waals surface area contributed by atoms with Gasteiger partial charge in [-0.1, -0.05) is 18.2 Å². The molecule has 2 rings (SSSR count). The molecule has 0 heterocycles. The maximum Gasteiger partial charge on any atom is 0.225 e. The zero-order valence-corrected chi connectivity index (χ0v) is 15.2. The first-order valence-corrected chi connectivity index (χ1v) is 8.27. The average Bonchev–Trinajstić information content (AvgIpc) is 2.53. The van der Waals surface area contributed by atoms with Gasteiger partial charge in [-0.15, -0.1) is 0 Å². The number of nitrogens with zero attached hydrogens (tertiary/aromatic N) is 1. The fraction of sp³-hybridized carbons (Fsp3) is 0.350. The number of hydrogen-bond donors (Lipinski definition) is 1. The van der Waals surface area contributed by atoms with E-state index < -0.39 is 0 Å². The molecule has 2 aromatic carbocycles. The minimum absolute atomic E-state index is 0.125. The largest absolute Gasteiger partial charge is 0.496 e. The lowest BCUT2D eigenvalue weighted by Gasteiger charge is -2.18. The predicted molar refractivity (Wildman–Crippen MR) is 98.4 cm³/mol. The van der Waals surface area contributed by atoms with Crippen molar-refractivity contribution in [1.82, 2.24) is 4.90 Å². The van der Waals surface area contributed by atoms with Gasteiger partial charge in [-0.2, -0.15) is 0 Å². The maximum absolute atomic E-state index is 13.1. The summed E-state index contributed by atoms with van der Waals surface area (Å²) < 4.78 is 18.5. The topological polar surface area (TPSA) is 41.6 Å². The number of amides is 1. The van der Waals surface area contributed by atoms with Crippen molar-refractivity contribution in [3.63, 3.8) is 0 Å². The third kappa shape index (κ3) is 5.57. The third-order valence-corrected chi connectivity index (χ3v) is 4.01. The van der Waals surface area contributed by atoms with Crippen LogP contribution in [0.1, 0.15) is 23.1 Å². The van der Waals surface area contributed by atoms with Gasteiger partial charge in [0.25, 0.3) is 0 Å². The average molecular weight is 344 g/mol. The second kappa shape index (κ2) is 8.62. The van der Waals surface area contributed by atoms with Crippen LogP contribution in [0.25, 0.3) is 0 Å². The normalized spacial score (nSPS) is 10.8. The van der Waals surface area contributed by atoms with Gasteiger partial charge >= 0.3 is 0 Å². The Morgan fingerprint density at radius 3 is 2.48 bits per heavy atom. The van der Waals surface area contributed by atoms with Crippen LogP contribution in [-0.2, 0) is 11.3 Å². The summed E-state index contributed by atoms with van der Waals surface area (Å²) in [5.41, 5.74) is 3.88. The molecule has 0 atom stereocenters. The highest BCUT2D eigenvalue weighted by Crippen LogP contribution is 2.24. The summed E-state index contributed by atoms with van der Waals surface area (Å²) in [4.78, 5) is 14.1. The van der Waals surface area contributed by atoms with Gasteiger partial charge in [0.2, 0.25) is 5.91 Å². The van der Waals surface area contributed by atoms with Crippen molar-refractivity contribution in [1.29, 1.82) is 0 Å². The molecule has 0 bridgehead atoms. The molecule has 0 aliphatic rings. The molecule has 0 fully saturated rings. The lowest BCUT2D eigenvalue weighted by atomic mass is 10.1. The van der Waals surface area contributed by atoms with E-state index in [0.29, 0.717) is 18.7 Å². The lowest BCUT2D eigenvalue weighted by molar-refractivity contribution is -0.116. The lowest BCUT2D eigenvalue weighted by Crippen LogP contribution is -2.24. The fourth-order valence-electron chi connectivity index (χ4n) is 2.93. The van der Waals surface area contributed by atoms with E-state index in [9.17, 15) is 9.18 Å². The van der Waals surface area contributed by atoms with E-state index in [1.165, 1.54) is 17.7 Å². The summed E-state index contributed by atoms with van der Waals surface area (Å²) in [5, 5.41) is 2.71. The van der Waals surface area contributed by atoms with Gasteiger partial charge in [-0.25, -0.2) is 4.39 Å². The standard InChI is InChI=1S/C20H25FN2O2/c1-14-10-16(11-15(2)20(14)25-4)13-23(3)9-8-19(24)22-18-7-5-6-17(21)12-18/h5-7,10-12H,8-9,13H2,1-4H3,(H,22,24). The minimum Gasteiger partial charge on any atom is -0.496 e. The molecule has 1 amide bonds. The second-order valence-corrected chi connectivity index (χ2v) is 6.31. The molecule has 0 aliphatic heterocycles. The molecular weight excluding hydrogens is 319 g/mol. The van der Waals surface area contributed by atoms with Gasteiger partial charge in [0.1, 0.15) is 11.6 Å². The smallest absolute Gasteiger partial charge is 0.225 e. The number of methoxy groups -OCH3 is 1. The molecule has 25 heavy (non-hydrogen) atoms. The van der Waals surface area contributed by atoms with Gasteiger partial charge < -0.3 is 15.0 Å². The Morgan fingerprint density at radius 2 is 1.88 bits per heavy atom. The number of carbonyl (C=O) groups is 1. The van der Waals surface area contributed by atoms with E-state index in [0.717, 1.165) is 23.4 Å². The first-order chi connectivity index (χ1) is 11.9. The molecule has 0 saturated heterocycles. The van der Waals surface area contributed by atoms with E-state index in [1.807, 2.05) is 20.9 Å². The van der Waals surface area contributed by atoms with Crippen LogP contribution in [0.3, 0.4) is 0 Å². The SMILES string of the molecule is COc1c(C)cc(CN(C)CCC(=O)Nc2cccc(F)c2)cc1C. The predicted octanol–water partition coefficient (Wildman–Crippen LogP) is 3.91. The zero-order chi connectivity index (χ0) is 18.4. The monoisotopic (exact) mass is 344 g/mol. The van der Waals surface area contributed by atoms with Crippen molar-refractivity contribution >= 4 is 11.6 Å². The van der Waals surface area contributed by atoms with Gasteiger partial charge in [-0.3, -0.25) is 4.79 Å². The van der Waals surface area contributed by atoms with Crippen molar-refractivity contribution in [2.24, 2.45) is 0 Å². The Morgan fingerprint density at radius 1 is 1.20 bits per heavy atom. The van der Waals surface area contributed by atoms with Crippen molar-refractivity contribution in [3.05, 3.63) is 58.9 Å².